The van der Waals surface area contributed by atoms with Crippen molar-refractivity contribution in [3.05, 3.63) is 23.8 Å². The molecule has 0 bridgehead atoms. The van der Waals surface area contributed by atoms with E-state index in [1.54, 1.807) is 14.2 Å². The van der Waals surface area contributed by atoms with E-state index in [2.05, 4.69) is 36.7 Å². The van der Waals surface area contributed by atoms with Crippen LogP contribution in [-0.2, 0) is 0 Å². The van der Waals surface area contributed by atoms with E-state index < -0.39 is 0 Å². The molecule has 0 N–H and O–H groups in total. The molecule has 0 spiro atoms. The maximum Gasteiger partial charge on any atom is 0.123 e. The van der Waals surface area contributed by atoms with Crippen LogP contribution in [0.1, 0.15) is 37.6 Å². The lowest BCUT2D eigenvalue weighted by Crippen LogP contribution is -2.09. The summed E-state index contributed by atoms with van der Waals surface area (Å²) in [5.41, 5.74) is 1.41. The highest BCUT2D eigenvalue weighted by atomic mass is 79.9. The van der Waals surface area contributed by atoms with Crippen molar-refractivity contribution in [3.63, 3.8) is 0 Å². The highest BCUT2D eigenvalue weighted by molar-refractivity contribution is 9.09. The molecule has 3 heteroatoms. The van der Waals surface area contributed by atoms with Crippen LogP contribution in [0.25, 0.3) is 0 Å². The minimum Gasteiger partial charge on any atom is -0.497 e. The molecule has 0 saturated heterocycles. The Kier molecular flexibility index (Phi) is 4.87. The minimum absolute atomic E-state index is 0.266. The minimum atomic E-state index is 0.266. The van der Waals surface area contributed by atoms with Crippen molar-refractivity contribution in [3.8, 4) is 11.5 Å². The molecule has 17 heavy (non-hydrogen) atoms. The summed E-state index contributed by atoms with van der Waals surface area (Å²) in [5.74, 6) is 1.76. The van der Waals surface area contributed by atoms with E-state index in [9.17, 15) is 0 Å². The van der Waals surface area contributed by atoms with Gasteiger partial charge in [-0.2, -0.15) is 0 Å². The molecule has 0 fully saturated rings. The third kappa shape index (κ3) is 4.23. The summed E-state index contributed by atoms with van der Waals surface area (Å²) in [5, 5.41) is 0. The molecule has 1 aromatic carbocycles. The quantitative estimate of drug-likeness (QED) is 0.758. The van der Waals surface area contributed by atoms with Gasteiger partial charge in [-0.3, -0.25) is 0 Å². The van der Waals surface area contributed by atoms with E-state index >= 15 is 0 Å². The van der Waals surface area contributed by atoms with Crippen LogP contribution >= 0.6 is 15.9 Å². The van der Waals surface area contributed by atoms with E-state index in [0.29, 0.717) is 0 Å². The van der Waals surface area contributed by atoms with Gasteiger partial charge in [-0.15, -0.1) is 0 Å². The van der Waals surface area contributed by atoms with Gasteiger partial charge in [0.2, 0.25) is 0 Å². The maximum absolute atomic E-state index is 5.39. The fourth-order valence-corrected chi connectivity index (χ4v) is 3.06. The van der Waals surface area contributed by atoms with Crippen molar-refractivity contribution in [2.45, 2.75) is 32.0 Å². The Hall–Kier alpha value is -0.700. The molecule has 1 rings (SSSR count). The predicted molar refractivity (Wildman–Crippen MR) is 75.3 cm³/mol. The first-order valence-corrected chi connectivity index (χ1v) is 6.65. The normalized spacial score (nSPS) is 13.3. The first kappa shape index (κ1) is 14.4. The Morgan fingerprint density at radius 3 is 2.29 bits per heavy atom. The molecule has 0 saturated carbocycles. The maximum atomic E-state index is 5.39. The van der Waals surface area contributed by atoms with Crippen LogP contribution in [0.3, 0.4) is 0 Å². The van der Waals surface area contributed by atoms with Crippen LogP contribution < -0.4 is 9.47 Å². The van der Waals surface area contributed by atoms with Gasteiger partial charge in [-0.05, 0) is 30.0 Å². The average molecular weight is 301 g/mol. The van der Waals surface area contributed by atoms with Crippen LogP contribution in [-0.4, -0.2) is 14.2 Å². The van der Waals surface area contributed by atoms with E-state index in [0.717, 1.165) is 23.5 Å². The summed E-state index contributed by atoms with van der Waals surface area (Å²) >= 11 is 3.74. The molecular formula is C14H21BrO2. The zero-order valence-electron chi connectivity index (χ0n) is 11.2. The molecule has 1 atom stereocenters. The third-order valence-electron chi connectivity index (χ3n) is 2.57. The Balaban J connectivity index is 3.01. The standard InChI is InChI=1S/C14H21BrO2/c1-14(2,3)9-12(15)11-8-10(16-4)6-7-13(11)17-5/h6-8,12H,9H2,1-5H3. The number of ether oxygens (including phenoxy) is 2. The molecule has 0 amide bonds. The fraction of sp³-hybridized carbons (Fsp3) is 0.571. The number of halogens is 1. The van der Waals surface area contributed by atoms with Crippen molar-refractivity contribution < 1.29 is 9.47 Å². The van der Waals surface area contributed by atoms with Gasteiger partial charge in [0.25, 0.3) is 0 Å². The van der Waals surface area contributed by atoms with E-state index in [1.165, 1.54) is 0 Å². The lowest BCUT2D eigenvalue weighted by Gasteiger charge is -2.23. The second-order valence-electron chi connectivity index (χ2n) is 5.34. The molecule has 0 aliphatic carbocycles. The van der Waals surface area contributed by atoms with Gasteiger partial charge < -0.3 is 9.47 Å². The van der Waals surface area contributed by atoms with E-state index in [1.807, 2.05) is 18.2 Å². The van der Waals surface area contributed by atoms with Gasteiger partial charge in [0, 0.05) is 10.4 Å². The van der Waals surface area contributed by atoms with Crippen molar-refractivity contribution in [2.24, 2.45) is 5.41 Å². The van der Waals surface area contributed by atoms with E-state index in [-0.39, 0.29) is 10.2 Å². The van der Waals surface area contributed by atoms with Crippen LogP contribution in [0, 0.1) is 5.41 Å². The molecule has 1 aromatic rings. The third-order valence-corrected chi connectivity index (χ3v) is 3.38. The molecule has 0 aromatic heterocycles. The van der Waals surface area contributed by atoms with Gasteiger partial charge in [-0.1, -0.05) is 36.7 Å². The Morgan fingerprint density at radius 2 is 1.82 bits per heavy atom. The Morgan fingerprint density at radius 1 is 1.18 bits per heavy atom. The average Bonchev–Trinajstić information content (AvgIpc) is 2.25. The van der Waals surface area contributed by atoms with Gasteiger partial charge in [0.05, 0.1) is 14.2 Å². The lowest BCUT2D eigenvalue weighted by molar-refractivity contribution is 0.365. The molecule has 0 heterocycles. The van der Waals surface area contributed by atoms with Crippen molar-refractivity contribution in [1.82, 2.24) is 0 Å². The summed E-state index contributed by atoms with van der Waals surface area (Å²) in [6.45, 7) is 6.69. The zero-order valence-corrected chi connectivity index (χ0v) is 12.8. The van der Waals surface area contributed by atoms with Crippen molar-refractivity contribution >= 4 is 15.9 Å². The van der Waals surface area contributed by atoms with Gasteiger partial charge in [0.1, 0.15) is 11.5 Å². The molecular weight excluding hydrogens is 280 g/mol. The summed E-state index contributed by atoms with van der Waals surface area (Å²) in [4.78, 5) is 0.271. The Bertz CT molecular complexity index is 369. The van der Waals surface area contributed by atoms with Crippen molar-refractivity contribution in [1.29, 1.82) is 0 Å². The van der Waals surface area contributed by atoms with E-state index in [4.69, 9.17) is 9.47 Å². The highest BCUT2D eigenvalue weighted by Crippen LogP contribution is 2.40. The predicted octanol–water partition coefficient (Wildman–Crippen LogP) is 4.58. The number of hydrogen-bond acceptors (Lipinski definition) is 2. The lowest BCUT2D eigenvalue weighted by atomic mass is 9.88. The summed E-state index contributed by atoms with van der Waals surface area (Å²) < 4.78 is 10.7. The number of rotatable bonds is 4. The van der Waals surface area contributed by atoms with Gasteiger partial charge in [-0.25, -0.2) is 0 Å². The molecule has 0 radical (unpaired) electrons. The highest BCUT2D eigenvalue weighted by Gasteiger charge is 2.21. The van der Waals surface area contributed by atoms with Gasteiger partial charge in [0.15, 0.2) is 0 Å². The molecule has 0 aliphatic rings. The SMILES string of the molecule is COc1ccc(OC)c(C(Br)CC(C)(C)C)c1. The second kappa shape index (κ2) is 5.76. The topological polar surface area (TPSA) is 18.5 Å². The largest absolute Gasteiger partial charge is 0.497 e. The Labute approximate surface area is 112 Å². The monoisotopic (exact) mass is 300 g/mol. The summed E-state index contributed by atoms with van der Waals surface area (Å²) in [6.07, 6.45) is 1.04. The first-order chi connectivity index (χ1) is 7.87. The number of benzene rings is 1. The molecule has 0 aliphatic heterocycles. The van der Waals surface area contributed by atoms with Crippen LogP contribution in [0.4, 0.5) is 0 Å². The fourth-order valence-electron chi connectivity index (χ4n) is 1.73. The van der Waals surface area contributed by atoms with Crippen LogP contribution in [0.5, 0.6) is 11.5 Å². The molecule has 96 valence electrons. The van der Waals surface area contributed by atoms with Gasteiger partial charge >= 0.3 is 0 Å². The molecule has 1 unspecified atom stereocenters. The number of hydrogen-bond donors (Lipinski definition) is 0. The first-order valence-electron chi connectivity index (χ1n) is 5.73. The van der Waals surface area contributed by atoms with Crippen LogP contribution in [0.15, 0.2) is 18.2 Å². The smallest absolute Gasteiger partial charge is 0.123 e. The number of methoxy groups -OCH3 is 2. The summed E-state index contributed by atoms with van der Waals surface area (Å²) in [6, 6.07) is 5.90. The van der Waals surface area contributed by atoms with Crippen LogP contribution in [0.2, 0.25) is 0 Å². The molecule has 2 nitrogen and oxygen atoms in total. The second-order valence-corrected chi connectivity index (χ2v) is 6.45. The zero-order chi connectivity index (χ0) is 13.1. The summed E-state index contributed by atoms with van der Waals surface area (Å²) in [7, 11) is 3.38. The van der Waals surface area contributed by atoms with Crippen molar-refractivity contribution in [2.75, 3.05) is 14.2 Å². The number of alkyl halides is 1.